The van der Waals surface area contributed by atoms with Crippen LogP contribution in [0, 0.1) is 11.8 Å². The monoisotopic (exact) mass is 248 g/mol. The van der Waals surface area contributed by atoms with E-state index < -0.39 is 0 Å². The van der Waals surface area contributed by atoms with E-state index >= 15 is 0 Å². The lowest BCUT2D eigenvalue weighted by Gasteiger charge is -2.20. The lowest BCUT2D eigenvalue weighted by atomic mass is 10.0. The number of aromatic nitrogens is 2. The van der Waals surface area contributed by atoms with E-state index in [0.29, 0.717) is 18.2 Å². The highest BCUT2D eigenvalue weighted by Crippen LogP contribution is 2.41. The Labute approximate surface area is 107 Å². The summed E-state index contributed by atoms with van der Waals surface area (Å²) in [6.07, 6.45) is 5.63. The summed E-state index contributed by atoms with van der Waals surface area (Å²) in [6.45, 7) is 4.67. The van der Waals surface area contributed by atoms with Crippen molar-refractivity contribution < 1.29 is 4.74 Å². The van der Waals surface area contributed by atoms with Gasteiger partial charge in [-0.15, -0.1) is 0 Å². The van der Waals surface area contributed by atoms with Crippen molar-refractivity contribution in [3.63, 3.8) is 0 Å². The molecule has 18 heavy (non-hydrogen) atoms. The maximum atomic E-state index is 6.11. The van der Waals surface area contributed by atoms with E-state index in [1.54, 1.807) is 6.33 Å². The molecule has 1 aromatic rings. The first-order valence-electron chi connectivity index (χ1n) is 6.77. The second kappa shape index (κ2) is 4.63. The Morgan fingerprint density at radius 3 is 2.72 bits per heavy atom. The van der Waals surface area contributed by atoms with E-state index in [4.69, 9.17) is 10.5 Å². The molecule has 0 radical (unpaired) electrons. The van der Waals surface area contributed by atoms with Gasteiger partial charge in [-0.1, -0.05) is 6.42 Å². The van der Waals surface area contributed by atoms with Crippen molar-refractivity contribution in [1.82, 2.24) is 9.97 Å². The van der Waals surface area contributed by atoms with Crippen molar-refractivity contribution in [1.29, 1.82) is 0 Å². The molecule has 2 unspecified atom stereocenters. The molecule has 1 aliphatic carbocycles. The molecule has 0 bridgehead atoms. The molecule has 2 heterocycles. The normalized spacial score (nSPS) is 26.4. The van der Waals surface area contributed by atoms with Gasteiger partial charge in [-0.2, -0.15) is 4.98 Å². The zero-order valence-electron chi connectivity index (χ0n) is 10.8. The summed E-state index contributed by atoms with van der Waals surface area (Å²) in [5.74, 6) is 3.02. The van der Waals surface area contributed by atoms with Gasteiger partial charge in [0, 0.05) is 13.1 Å². The number of ether oxygens (including phenoxy) is 1. The fourth-order valence-corrected chi connectivity index (χ4v) is 3.28. The van der Waals surface area contributed by atoms with Crippen LogP contribution < -0.4 is 15.4 Å². The van der Waals surface area contributed by atoms with E-state index in [2.05, 4.69) is 14.9 Å². The molecule has 2 aliphatic rings. The van der Waals surface area contributed by atoms with Crippen LogP contribution in [-0.2, 0) is 0 Å². The summed E-state index contributed by atoms with van der Waals surface area (Å²) in [5.41, 5.74) is 6.69. The Morgan fingerprint density at radius 1 is 1.33 bits per heavy atom. The van der Waals surface area contributed by atoms with Crippen molar-refractivity contribution >= 4 is 11.5 Å². The van der Waals surface area contributed by atoms with E-state index in [1.807, 2.05) is 6.92 Å². The van der Waals surface area contributed by atoms with Gasteiger partial charge in [-0.3, -0.25) is 0 Å². The van der Waals surface area contributed by atoms with E-state index in [0.717, 1.165) is 30.7 Å². The molecule has 1 saturated heterocycles. The first-order chi connectivity index (χ1) is 8.79. The smallest absolute Gasteiger partial charge is 0.242 e. The number of nitrogens with two attached hydrogens (primary N) is 1. The zero-order valence-corrected chi connectivity index (χ0v) is 10.8. The topological polar surface area (TPSA) is 64.3 Å². The molecule has 0 aromatic carbocycles. The minimum atomic E-state index is 0.513. The Kier molecular flexibility index (Phi) is 2.97. The van der Waals surface area contributed by atoms with Crippen molar-refractivity contribution in [2.24, 2.45) is 11.8 Å². The minimum Gasteiger partial charge on any atom is -0.476 e. The van der Waals surface area contributed by atoms with Gasteiger partial charge in [0.15, 0.2) is 5.82 Å². The summed E-state index contributed by atoms with van der Waals surface area (Å²) in [4.78, 5) is 10.7. The van der Waals surface area contributed by atoms with Gasteiger partial charge in [0.2, 0.25) is 5.88 Å². The molecule has 0 amide bonds. The highest BCUT2D eigenvalue weighted by Gasteiger charge is 2.37. The third-order valence-electron chi connectivity index (χ3n) is 4.13. The molecule has 2 atom stereocenters. The van der Waals surface area contributed by atoms with E-state index in [9.17, 15) is 0 Å². The highest BCUT2D eigenvalue weighted by molar-refractivity contribution is 5.68. The summed E-state index contributed by atoms with van der Waals surface area (Å²) < 4.78 is 5.43. The third-order valence-corrected chi connectivity index (χ3v) is 4.13. The predicted molar refractivity (Wildman–Crippen MR) is 70.7 cm³/mol. The second-order valence-electron chi connectivity index (χ2n) is 5.21. The number of rotatable bonds is 3. The van der Waals surface area contributed by atoms with Crippen molar-refractivity contribution in [3.8, 4) is 5.88 Å². The third kappa shape index (κ3) is 1.87. The first kappa shape index (κ1) is 11.6. The molecular weight excluding hydrogens is 228 g/mol. The fraction of sp³-hybridized carbons (Fsp3) is 0.692. The highest BCUT2D eigenvalue weighted by atomic mass is 16.5. The molecule has 0 spiro atoms. The molecule has 1 saturated carbocycles. The molecular formula is C13H20N4O. The Balaban J connectivity index is 1.82. The van der Waals surface area contributed by atoms with Crippen LogP contribution in [-0.4, -0.2) is 29.7 Å². The van der Waals surface area contributed by atoms with Crippen LogP contribution >= 0.6 is 0 Å². The number of hydrogen-bond acceptors (Lipinski definition) is 5. The summed E-state index contributed by atoms with van der Waals surface area (Å²) in [6, 6.07) is 0. The van der Waals surface area contributed by atoms with E-state index in [1.165, 1.54) is 19.3 Å². The lowest BCUT2D eigenvalue weighted by molar-refractivity contribution is 0.328. The van der Waals surface area contributed by atoms with Crippen LogP contribution in [0.1, 0.15) is 26.2 Å². The second-order valence-corrected chi connectivity index (χ2v) is 5.21. The number of fused-ring (bicyclic) bond motifs is 1. The predicted octanol–water partition coefficient (Wildman–Crippen LogP) is 1.69. The Bertz CT molecular complexity index is 425. The molecule has 5 heteroatoms. The van der Waals surface area contributed by atoms with Crippen LogP contribution in [0.5, 0.6) is 5.88 Å². The first-order valence-corrected chi connectivity index (χ1v) is 6.77. The van der Waals surface area contributed by atoms with Crippen LogP contribution in [0.25, 0.3) is 0 Å². The maximum Gasteiger partial charge on any atom is 0.242 e. The van der Waals surface area contributed by atoms with Gasteiger partial charge in [0.25, 0.3) is 0 Å². The van der Waals surface area contributed by atoms with Gasteiger partial charge >= 0.3 is 0 Å². The maximum absolute atomic E-state index is 6.11. The largest absolute Gasteiger partial charge is 0.476 e. The molecule has 1 aliphatic heterocycles. The van der Waals surface area contributed by atoms with Crippen LogP contribution in [0.15, 0.2) is 6.33 Å². The van der Waals surface area contributed by atoms with Crippen LogP contribution in [0.2, 0.25) is 0 Å². The molecule has 98 valence electrons. The van der Waals surface area contributed by atoms with E-state index in [-0.39, 0.29) is 0 Å². The van der Waals surface area contributed by atoms with Crippen LogP contribution in [0.4, 0.5) is 11.5 Å². The summed E-state index contributed by atoms with van der Waals surface area (Å²) >= 11 is 0. The van der Waals surface area contributed by atoms with Gasteiger partial charge < -0.3 is 15.4 Å². The lowest BCUT2D eigenvalue weighted by Crippen LogP contribution is -2.23. The minimum absolute atomic E-state index is 0.513. The van der Waals surface area contributed by atoms with Crippen molar-refractivity contribution in [2.75, 3.05) is 30.3 Å². The summed E-state index contributed by atoms with van der Waals surface area (Å²) in [5, 5.41) is 0. The average molecular weight is 248 g/mol. The quantitative estimate of drug-likeness (QED) is 0.882. The number of hydrogen-bond donors (Lipinski definition) is 1. The Hall–Kier alpha value is -1.52. The molecule has 2 fully saturated rings. The van der Waals surface area contributed by atoms with Crippen molar-refractivity contribution in [3.05, 3.63) is 6.33 Å². The fourth-order valence-electron chi connectivity index (χ4n) is 3.28. The van der Waals surface area contributed by atoms with Gasteiger partial charge in [-0.25, -0.2) is 4.98 Å². The van der Waals surface area contributed by atoms with Crippen molar-refractivity contribution in [2.45, 2.75) is 26.2 Å². The van der Waals surface area contributed by atoms with Gasteiger partial charge in [0.05, 0.1) is 6.61 Å². The zero-order chi connectivity index (χ0) is 12.5. The van der Waals surface area contributed by atoms with Gasteiger partial charge in [-0.05, 0) is 31.6 Å². The number of anilines is 2. The molecule has 5 nitrogen and oxygen atoms in total. The van der Waals surface area contributed by atoms with Gasteiger partial charge in [0.1, 0.15) is 12.0 Å². The van der Waals surface area contributed by atoms with Crippen LogP contribution in [0.3, 0.4) is 0 Å². The average Bonchev–Trinajstić information content (AvgIpc) is 2.92. The number of nitrogens with zero attached hydrogens (tertiary/aromatic N) is 3. The molecule has 2 N–H and O–H groups in total. The Morgan fingerprint density at radius 2 is 2.06 bits per heavy atom. The summed E-state index contributed by atoms with van der Waals surface area (Å²) in [7, 11) is 0. The molecule has 1 aromatic heterocycles. The standard InChI is InChI=1S/C13H20N4O/c1-2-18-13-11(14)12(15-8-16-13)17-6-9-4-3-5-10(9)7-17/h8-10H,2-7,14H2,1H3. The number of nitrogen functional groups attached to an aromatic ring is 1. The molecule has 3 rings (SSSR count). The SMILES string of the molecule is CCOc1ncnc(N2CC3CCCC3C2)c1N.